The van der Waals surface area contributed by atoms with E-state index in [2.05, 4.69) is 201 Å². The van der Waals surface area contributed by atoms with Crippen molar-refractivity contribution in [1.29, 1.82) is 0 Å². The smallest absolute Gasteiger partial charge is 0.510 e. The van der Waals surface area contributed by atoms with Crippen LogP contribution in [-0.4, -0.2) is 25.6 Å². The predicted octanol–water partition coefficient (Wildman–Crippen LogP) is 14.1. The van der Waals surface area contributed by atoms with Crippen LogP contribution >= 0.6 is 0 Å². The van der Waals surface area contributed by atoms with Crippen molar-refractivity contribution in [2.75, 3.05) is 0 Å². The summed E-state index contributed by atoms with van der Waals surface area (Å²) in [5.74, 6) is 0.659. The summed E-state index contributed by atoms with van der Waals surface area (Å²) in [4.78, 5) is 10.7. The molecule has 0 spiro atoms. The van der Waals surface area contributed by atoms with Crippen molar-refractivity contribution in [3.05, 3.63) is 172 Å². The monoisotopic (exact) mass is 1020 g/mol. The number of benzene rings is 6. The first-order valence-electron chi connectivity index (χ1n) is 22.4. The maximum atomic E-state index is 7.41. The molecule has 4 heterocycles. The number of aliphatic imine (C=N–C) groups is 1. The van der Waals surface area contributed by atoms with E-state index in [-0.39, 0.29) is 31.9 Å². The topological polar surface area (TPSA) is 44.3 Å². The van der Waals surface area contributed by atoms with Crippen molar-refractivity contribution in [3.63, 3.8) is 0 Å². The molecule has 2 atom stereocenters. The molecule has 0 fully saturated rings. The second-order valence-electron chi connectivity index (χ2n) is 20.6. The van der Waals surface area contributed by atoms with E-state index < -0.39 is 11.1 Å². The molecule has 11 rings (SSSR count). The fourth-order valence-corrected chi connectivity index (χ4v) is 10.9. The molecule has 0 N–H and O–H groups in total. The average Bonchev–Trinajstić information content (AvgIpc) is 3.92. The Kier molecular flexibility index (Phi) is 9.47. The van der Waals surface area contributed by atoms with Gasteiger partial charge in [0.2, 0.25) is 0 Å². The molecule has 0 unspecified atom stereocenters. The van der Waals surface area contributed by atoms with Crippen molar-refractivity contribution in [2.24, 2.45) is 10.4 Å². The van der Waals surface area contributed by atoms with Crippen LogP contribution in [0, 0.1) is 45.2 Å². The summed E-state index contributed by atoms with van der Waals surface area (Å²) in [7, 11) is 0. The zero-order chi connectivity index (χ0) is 44.0. The Morgan fingerprint density at radius 3 is 2.12 bits per heavy atom. The van der Waals surface area contributed by atoms with E-state index in [1.807, 2.05) is 12.3 Å². The first kappa shape index (κ1) is 42.2. The third-order valence-electron chi connectivity index (χ3n) is 14.5. The summed E-state index contributed by atoms with van der Waals surface area (Å²) in [6.07, 6.45) is 2.70. The fourth-order valence-electron chi connectivity index (χ4n) is 10.9. The van der Waals surface area contributed by atoms with Gasteiger partial charge in [-0.1, -0.05) is 131 Å². The molecule has 5 nitrogen and oxygen atoms in total. The van der Waals surface area contributed by atoms with Gasteiger partial charge in [-0.3, -0.25) is 4.99 Å². The van der Waals surface area contributed by atoms with E-state index in [1.54, 1.807) is 0 Å². The second kappa shape index (κ2) is 14.4. The SMILES string of the molecule is Cc1ccc2c(c1)c1cc(C)c(-n3c4ccc(-c5ccccc5)cc4c4cccnc43)[c-]c1n2-c1[c-]c(C2=N[C@]3(C)c4cc(C)c(C)cc4C[C@]3(C(C)(C)C)O2)cc(C(C)(C)C)c1.[Pt+2]. The molecule has 9 aromatic rings. The van der Waals surface area contributed by atoms with Crippen molar-refractivity contribution >= 4 is 49.6 Å². The second-order valence-corrected chi connectivity index (χ2v) is 20.6. The van der Waals surface area contributed by atoms with Gasteiger partial charge in [-0.25, -0.2) is 4.98 Å². The van der Waals surface area contributed by atoms with E-state index in [0.29, 0.717) is 5.90 Å². The van der Waals surface area contributed by atoms with Crippen LogP contribution in [0.5, 0.6) is 0 Å². The fraction of sp³-hybridized carbons (Fsp3) is 0.276. The van der Waals surface area contributed by atoms with Crippen LogP contribution in [0.2, 0.25) is 0 Å². The Morgan fingerprint density at radius 1 is 0.656 bits per heavy atom. The van der Waals surface area contributed by atoms with Crippen molar-refractivity contribution in [2.45, 2.75) is 99.1 Å². The van der Waals surface area contributed by atoms with Gasteiger partial charge in [-0.05, 0) is 108 Å². The summed E-state index contributed by atoms with van der Waals surface area (Å²) in [6, 6.07) is 48.0. The molecule has 3 aromatic heterocycles. The molecular formula is C58H54N4OPt. The van der Waals surface area contributed by atoms with Crippen LogP contribution < -0.4 is 0 Å². The Balaban J connectivity index is 0.00000484. The molecule has 1 aliphatic carbocycles. The third kappa shape index (κ3) is 6.06. The number of hydrogen-bond donors (Lipinski definition) is 0. The van der Waals surface area contributed by atoms with E-state index in [9.17, 15) is 0 Å². The van der Waals surface area contributed by atoms with Crippen molar-refractivity contribution in [3.8, 4) is 22.5 Å². The van der Waals surface area contributed by atoms with Gasteiger partial charge in [0.15, 0.2) is 0 Å². The van der Waals surface area contributed by atoms with Crippen LogP contribution in [0.25, 0.3) is 66.2 Å². The van der Waals surface area contributed by atoms with Crippen LogP contribution in [0.4, 0.5) is 0 Å². The minimum Gasteiger partial charge on any atom is -0.510 e. The van der Waals surface area contributed by atoms with Crippen molar-refractivity contribution < 1.29 is 25.8 Å². The summed E-state index contributed by atoms with van der Waals surface area (Å²) in [5, 5.41) is 4.61. The van der Waals surface area contributed by atoms with Gasteiger partial charge in [0.05, 0.1) is 5.52 Å². The number of hydrogen-bond acceptors (Lipinski definition) is 3. The number of aromatic nitrogens is 3. The van der Waals surface area contributed by atoms with E-state index in [0.717, 1.165) is 67.3 Å². The summed E-state index contributed by atoms with van der Waals surface area (Å²) in [6.45, 7) is 24.8. The summed E-state index contributed by atoms with van der Waals surface area (Å²) >= 11 is 0. The molecule has 1 aliphatic heterocycles. The number of ether oxygens (including phenoxy) is 1. The molecule has 0 radical (unpaired) electrons. The molecular weight excluding hydrogens is 964 g/mol. The zero-order valence-corrected chi connectivity index (χ0v) is 41.0. The molecule has 0 bridgehead atoms. The predicted molar refractivity (Wildman–Crippen MR) is 261 cm³/mol. The quantitative estimate of drug-likeness (QED) is 0.165. The Labute approximate surface area is 391 Å². The number of aryl methyl sites for hydroxylation is 4. The Morgan fingerprint density at radius 2 is 1.38 bits per heavy atom. The molecule has 6 heteroatoms. The molecule has 0 saturated heterocycles. The Hall–Kier alpha value is -5.77. The maximum absolute atomic E-state index is 7.41. The largest absolute Gasteiger partial charge is 2.00 e. The van der Waals surface area contributed by atoms with Crippen LogP contribution in [-0.2, 0) is 43.2 Å². The van der Waals surface area contributed by atoms with Crippen LogP contribution in [0.15, 0.2) is 120 Å². The number of fused-ring (bicyclic) bond motifs is 9. The normalized spacial score (nSPS) is 18.4. The van der Waals surface area contributed by atoms with E-state index in [4.69, 9.17) is 14.7 Å². The molecule has 6 aromatic carbocycles. The van der Waals surface area contributed by atoms with E-state index >= 15 is 0 Å². The summed E-state index contributed by atoms with van der Waals surface area (Å²) < 4.78 is 12.1. The van der Waals surface area contributed by atoms with Gasteiger partial charge in [0, 0.05) is 34.3 Å². The van der Waals surface area contributed by atoms with Gasteiger partial charge in [-0.2, -0.15) is 6.07 Å². The van der Waals surface area contributed by atoms with Gasteiger partial charge in [0.25, 0.3) is 0 Å². The van der Waals surface area contributed by atoms with Gasteiger partial charge in [0.1, 0.15) is 22.7 Å². The van der Waals surface area contributed by atoms with Gasteiger partial charge >= 0.3 is 21.1 Å². The average molecular weight is 1020 g/mol. The molecule has 2 aliphatic rings. The minimum absolute atomic E-state index is 0. The maximum Gasteiger partial charge on any atom is 2.00 e. The molecule has 0 amide bonds. The van der Waals surface area contributed by atoms with Gasteiger partial charge < -0.3 is 13.9 Å². The first-order chi connectivity index (χ1) is 30.0. The van der Waals surface area contributed by atoms with E-state index in [1.165, 1.54) is 49.9 Å². The third-order valence-corrected chi connectivity index (χ3v) is 14.5. The Bertz CT molecular complexity index is 3430. The van der Waals surface area contributed by atoms with Crippen molar-refractivity contribution in [1.82, 2.24) is 14.1 Å². The van der Waals surface area contributed by atoms with Crippen LogP contribution in [0.1, 0.15) is 93.0 Å². The first-order valence-corrected chi connectivity index (χ1v) is 22.4. The number of rotatable bonds is 4. The molecule has 64 heavy (non-hydrogen) atoms. The number of pyridine rings is 1. The molecule has 322 valence electrons. The standard InChI is InChI=1S/C58H54N4O.Pt/c1-34-19-21-49-45(24-34)46-26-37(4)51(62-50-22-20-39(38-16-13-12-14-17-38)30-47(50)44-18-15-23-59-53(44)62)32-52(46)61(49)43-29-40(28-42(31-43)55(5,6)7)54-60-57(11)48-27-36(3)35(2)25-41(48)33-58(57,63-54)56(8,9)10;/h12-28,30-31H,33H2,1-11H3;/q-2;+2/t57-,58-;/m1./s1. The van der Waals surface area contributed by atoms with Crippen LogP contribution in [0.3, 0.4) is 0 Å². The molecule has 0 saturated carbocycles. The minimum atomic E-state index is -0.567. The zero-order valence-electron chi connectivity index (χ0n) is 38.7. The number of nitrogens with zero attached hydrogens (tertiary/aromatic N) is 4. The van der Waals surface area contributed by atoms with Gasteiger partial charge in [-0.15, -0.1) is 40.8 Å². The summed E-state index contributed by atoms with van der Waals surface area (Å²) in [5.41, 5.74) is 16.5.